The van der Waals surface area contributed by atoms with Gasteiger partial charge in [0.25, 0.3) is 11.8 Å². The Morgan fingerprint density at radius 1 is 1.11 bits per heavy atom. The third-order valence-electron chi connectivity index (χ3n) is 3.87. The van der Waals surface area contributed by atoms with Crippen molar-refractivity contribution >= 4 is 11.9 Å². The summed E-state index contributed by atoms with van der Waals surface area (Å²) in [5.41, 5.74) is 0.907. The van der Waals surface area contributed by atoms with E-state index >= 15 is 0 Å². The summed E-state index contributed by atoms with van der Waals surface area (Å²) in [6, 6.07) is 12.4. The van der Waals surface area contributed by atoms with Gasteiger partial charge in [-0.15, -0.1) is 10.2 Å². The van der Waals surface area contributed by atoms with Crippen molar-refractivity contribution in [3.05, 3.63) is 65.5 Å². The lowest BCUT2D eigenvalue weighted by atomic mass is 10.1. The Morgan fingerprint density at radius 3 is 2.59 bits per heavy atom. The first-order chi connectivity index (χ1) is 13.0. The van der Waals surface area contributed by atoms with Crippen molar-refractivity contribution in [3.8, 4) is 17.2 Å². The molecule has 0 fully saturated rings. The van der Waals surface area contributed by atoms with E-state index in [-0.39, 0.29) is 22.9 Å². The van der Waals surface area contributed by atoms with Gasteiger partial charge in [-0.3, -0.25) is 4.79 Å². The Hall–Kier alpha value is -3.68. The molecule has 8 nitrogen and oxygen atoms in total. The molecule has 3 rings (SSSR count). The number of aromatic nitrogens is 2. The molecule has 1 heterocycles. The van der Waals surface area contributed by atoms with Gasteiger partial charge < -0.3 is 19.6 Å². The average molecular weight is 367 g/mol. The molecule has 0 radical (unpaired) electrons. The summed E-state index contributed by atoms with van der Waals surface area (Å²) in [6.45, 7) is 1.69. The maximum absolute atomic E-state index is 12.4. The van der Waals surface area contributed by atoms with Gasteiger partial charge in [0.05, 0.1) is 18.2 Å². The van der Waals surface area contributed by atoms with Crippen LogP contribution in [0.3, 0.4) is 0 Å². The van der Waals surface area contributed by atoms with Crippen LogP contribution in [0.25, 0.3) is 11.5 Å². The van der Waals surface area contributed by atoms with Crippen molar-refractivity contribution < 1.29 is 23.8 Å². The molecule has 0 bridgehead atoms. The smallest absolute Gasteiger partial charge is 0.335 e. The Morgan fingerprint density at radius 2 is 1.85 bits per heavy atom. The average Bonchev–Trinajstić information content (AvgIpc) is 3.18. The van der Waals surface area contributed by atoms with Gasteiger partial charge in [0.1, 0.15) is 11.8 Å². The Balaban J connectivity index is 1.76. The predicted molar refractivity (Wildman–Crippen MR) is 95.6 cm³/mol. The second-order valence-corrected chi connectivity index (χ2v) is 5.73. The number of rotatable bonds is 6. The van der Waals surface area contributed by atoms with Crippen LogP contribution in [-0.4, -0.2) is 34.3 Å². The first-order valence-electron chi connectivity index (χ1n) is 8.10. The maximum Gasteiger partial charge on any atom is 0.335 e. The number of hydrogen-bond acceptors (Lipinski definition) is 6. The van der Waals surface area contributed by atoms with E-state index in [1.54, 1.807) is 26.2 Å². The van der Waals surface area contributed by atoms with Crippen LogP contribution in [0.5, 0.6) is 5.75 Å². The molecule has 0 aliphatic carbocycles. The molecule has 0 saturated heterocycles. The van der Waals surface area contributed by atoms with Gasteiger partial charge in [0.15, 0.2) is 0 Å². The number of nitrogens with one attached hydrogen (secondary N) is 1. The third-order valence-corrected chi connectivity index (χ3v) is 3.87. The predicted octanol–water partition coefficient (Wildman–Crippen LogP) is 2.93. The normalized spacial score (nSPS) is 11.6. The number of carboxylic acid groups (broad SMARTS) is 1. The number of para-hydroxylation sites is 1. The maximum atomic E-state index is 12.4. The monoisotopic (exact) mass is 367 g/mol. The lowest BCUT2D eigenvalue weighted by molar-refractivity contribution is 0.0697. The lowest BCUT2D eigenvalue weighted by Gasteiger charge is -2.10. The van der Waals surface area contributed by atoms with E-state index in [0.29, 0.717) is 11.3 Å². The number of aromatic carboxylic acids is 1. The number of hydrogen-bond donors (Lipinski definition) is 2. The summed E-state index contributed by atoms with van der Waals surface area (Å²) >= 11 is 0. The van der Waals surface area contributed by atoms with Crippen LogP contribution in [-0.2, 0) is 0 Å². The minimum absolute atomic E-state index is 0.0338. The van der Waals surface area contributed by atoms with E-state index in [0.717, 1.165) is 0 Å². The molecular formula is C19H17N3O5. The summed E-state index contributed by atoms with van der Waals surface area (Å²) in [5, 5.41) is 19.7. The van der Waals surface area contributed by atoms with Crippen LogP contribution < -0.4 is 10.1 Å². The molecule has 0 aliphatic heterocycles. The number of carbonyl (C=O) groups is 2. The second kappa shape index (κ2) is 7.69. The summed E-state index contributed by atoms with van der Waals surface area (Å²) in [6.07, 6.45) is 0. The molecule has 0 saturated carbocycles. The van der Waals surface area contributed by atoms with Crippen LogP contribution >= 0.6 is 0 Å². The van der Waals surface area contributed by atoms with Gasteiger partial charge in [0, 0.05) is 5.56 Å². The number of ether oxygens (including phenoxy) is 1. The van der Waals surface area contributed by atoms with Gasteiger partial charge >= 0.3 is 5.97 Å². The quantitative estimate of drug-likeness (QED) is 0.688. The number of carboxylic acids is 1. The number of nitrogens with zero attached hydrogens (tertiary/aromatic N) is 2. The van der Waals surface area contributed by atoms with E-state index in [1.165, 1.54) is 24.3 Å². The first-order valence-corrected chi connectivity index (χ1v) is 8.10. The van der Waals surface area contributed by atoms with Gasteiger partial charge in [0.2, 0.25) is 5.89 Å². The fourth-order valence-corrected chi connectivity index (χ4v) is 2.47. The topological polar surface area (TPSA) is 115 Å². The minimum Gasteiger partial charge on any atom is -0.496 e. The Bertz CT molecular complexity index is 983. The SMILES string of the molecule is COc1ccccc1-c1nnc([C@H](C)NC(=O)c2cccc(C(=O)O)c2)o1. The first kappa shape index (κ1) is 18.1. The highest BCUT2D eigenvalue weighted by molar-refractivity contribution is 5.97. The summed E-state index contributed by atoms with van der Waals surface area (Å²) in [5.74, 6) is -0.455. The largest absolute Gasteiger partial charge is 0.496 e. The van der Waals surface area contributed by atoms with E-state index in [1.807, 2.05) is 12.1 Å². The molecule has 1 aromatic heterocycles. The molecule has 2 N–H and O–H groups in total. The van der Waals surface area contributed by atoms with Crippen LogP contribution in [0.4, 0.5) is 0 Å². The van der Waals surface area contributed by atoms with E-state index in [4.69, 9.17) is 14.3 Å². The zero-order valence-electron chi connectivity index (χ0n) is 14.7. The van der Waals surface area contributed by atoms with Crippen LogP contribution in [0, 0.1) is 0 Å². The zero-order chi connectivity index (χ0) is 19.4. The van der Waals surface area contributed by atoms with Crippen molar-refractivity contribution in [2.24, 2.45) is 0 Å². The second-order valence-electron chi connectivity index (χ2n) is 5.73. The summed E-state index contributed by atoms with van der Waals surface area (Å²) < 4.78 is 10.9. The Kier molecular flexibility index (Phi) is 5.16. The molecule has 1 atom stereocenters. The highest BCUT2D eigenvalue weighted by atomic mass is 16.5. The standard InChI is InChI=1S/C19H17N3O5/c1-11(20-16(23)12-6-5-7-13(10-12)19(24)25)17-21-22-18(27-17)14-8-3-4-9-15(14)26-2/h3-11H,1-2H3,(H,20,23)(H,24,25)/t11-/m0/s1. The van der Waals surface area contributed by atoms with E-state index in [9.17, 15) is 9.59 Å². The Labute approximate surface area is 154 Å². The highest BCUT2D eigenvalue weighted by Gasteiger charge is 2.20. The molecular weight excluding hydrogens is 350 g/mol. The highest BCUT2D eigenvalue weighted by Crippen LogP contribution is 2.29. The zero-order valence-corrected chi connectivity index (χ0v) is 14.7. The van der Waals surface area contributed by atoms with Crippen molar-refractivity contribution in [2.75, 3.05) is 7.11 Å². The number of carbonyl (C=O) groups excluding carboxylic acids is 1. The fourth-order valence-electron chi connectivity index (χ4n) is 2.47. The molecule has 0 unspecified atom stereocenters. The van der Waals surface area contributed by atoms with Gasteiger partial charge in [-0.05, 0) is 37.3 Å². The molecule has 1 amide bonds. The molecule has 27 heavy (non-hydrogen) atoms. The van der Waals surface area contributed by atoms with Crippen molar-refractivity contribution in [1.82, 2.24) is 15.5 Å². The fraction of sp³-hybridized carbons (Fsp3) is 0.158. The number of benzene rings is 2. The van der Waals surface area contributed by atoms with Gasteiger partial charge in [-0.25, -0.2) is 4.79 Å². The summed E-state index contributed by atoms with van der Waals surface area (Å²) in [7, 11) is 1.55. The number of amides is 1. The molecule has 8 heteroatoms. The lowest BCUT2D eigenvalue weighted by Crippen LogP contribution is -2.27. The molecule has 3 aromatic rings. The van der Waals surface area contributed by atoms with Gasteiger partial charge in [-0.2, -0.15) is 0 Å². The van der Waals surface area contributed by atoms with Crippen LogP contribution in [0.2, 0.25) is 0 Å². The summed E-state index contributed by atoms with van der Waals surface area (Å²) in [4.78, 5) is 23.4. The number of methoxy groups -OCH3 is 1. The van der Waals surface area contributed by atoms with Gasteiger partial charge in [-0.1, -0.05) is 18.2 Å². The van der Waals surface area contributed by atoms with Crippen molar-refractivity contribution in [1.29, 1.82) is 0 Å². The van der Waals surface area contributed by atoms with Crippen molar-refractivity contribution in [3.63, 3.8) is 0 Å². The third kappa shape index (κ3) is 3.95. The molecule has 0 spiro atoms. The van der Waals surface area contributed by atoms with Crippen molar-refractivity contribution in [2.45, 2.75) is 13.0 Å². The van der Waals surface area contributed by atoms with E-state index in [2.05, 4.69) is 15.5 Å². The minimum atomic E-state index is -1.10. The van der Waals surface area contributed by atoms with Crippen LogP contribution in [0.15, 0.2) is 52.9 Å². The molecule has 0 aliphatic rings. The van der Waals surface area contributed by atoms with E-state index < -0.39 is 17.9 Å². The molecule has 2 aromatic carbocycles. The molecule has 138 valence electrons. The van der Waals surface area contributed by atoms with Crippen LogP contribution in [0.1, 0.15) is 39.6 Å².